The van der Waals surface area contributed by atoms with E-state index in [1.807, 2.05) is 0 Å². The molecule has 0 aromatic carbocycles. The van der Waals surface area contributed by atoms with Gasteiger partial charge in [0.2, 0.25) is 0 Å². The fourth-order valence-electron chi connectivity index (χ4n) is 1.58. The van der Waals surface area contributed by atoms with Crippen molar-refractivity contribution < 1.29 is 0 Å². The Labute approximate surface area is 109 Å². The lowest BCUT2D eigenvalue weighted by molar-refractivity contribution is 0.409. The molecule has 0 aliphatic rings. The van der Waals surface area contributed by atoms with Gasteiger partial charge in [0.15, 0.2) is 0 Å². The lowest BCUT2D eigenvalue weighted by Crippen LogP contribution is -2.16. The third kappa shape index (κ3) is 6.74. The maximum atomic E-state index is 4.26. The quantitative estimate of drug-likeness (QED) is 0.761. The van der Waals surface area contributed by atoms with E-state index in [9.17, 15) is 0 Å². The van der Waals surface area contributed by atoms with Gasteiger partial charge in [-0.2, -0.15) is 0 Å². The Morgan fingerprint density at radius 1 is 1.12 bits per heavy atom. The van der Waals surface area contributed by atoms with Gasteiger partial charge >= 0.3 is 0 Å². The highest BCUT2D eigenvalue weighted by Gasteiger charge is 2.14. The van der Waals surface area contributed by atoms with Gasteiger partial charge in [-0.3, -0.25) is 0 Å². The summed E-state index contributed by atoms with van der Waals surface area (Å²) >= 11 is 1.77. The van der Waals surface area contributed by atoms with E-state index in [0.717, 1.165) is 32.4 Å². The second kappa shape index (κ2) is 7.07. The lowest BCUT2D eigenvalue weighted by atomic mass is 9.93. The Morgan fingerprint density at radius 3 is 2.47 bits per heavy atom. The summed E-state index contributed by atoms with van der Waals surface area (Å²) in [5.74, 6) is 0. The number of hydrogen-bond acceptors (Lipinski definition) is 4. The van der Waals surface area contributed by atoms with E-state index in [-0.39, 0.29) is 0 Å². The Balaban J connectivity index is 2.26. The van der Waals surface area contributed by atoms with Crippen LogP contribution in [0, 0.1) is 5.41 Å². The van der Waals surface area contributed by atoms with Crippen LogP contribution in [-0.2, 0) is 12.8 Å². The van der Waals surface area contributed by atoms with E-state index in [1.165, 1.54) is 16.4 Å². The minimum Gasteiger partial charge on any atom is -0.317 e. The molecule has 0 atom stereocenters. The molecule has 1 aromatic rings. The van der Waals surface area contributed by atoms with Gasteiger partial charge in [0.1, 0.15) is 10.0 Å². The standard InChI is InChI=1S/C13H25N3S/c1-5-8-14-9-6-7-11-15-16-12(17-11)10-13(2,3)4/h14H,5-10H2,1-4H3. The summed E-state index contributed by atoms with van der Waals surface area (Å²) in [7, 11) is 0. The highest BCUT2D eigenvalue weighted by molar-refractivity contribution is 7.11. The van der Waals surface area contributed by atoms with Crippen molar-refractivity contribution in [1.29, 1.82) is 0 Å². The number of aromatic nitrogens is 2. The zero-order valence-electron chi connectivity index (χ0n) is 11.5. The van der Waals surface area contributed by atoms with E-state index in [1.54, 1.807) is 11.3 Å². The maximum Gasteiger partial charge on any atom is 0.117 e. The zero-order valence-corrected chi connectivity index (χ0v) is 12.4. The van der Waals surface area contributed by atoms with Crippen LogP contribution in [0.1, 0.15) is 50.6 Å². The van der Waals surface area contributed by atoms with Crippen LogP contribution in [0.5, 0.6) is 0 Å². The van der Waals surface area contributed by atoms with Crippen molar-refractivity contribution in [2.24, 2.45) is 5.41 Å². The van der Waals surface area contributed by atoms with Gasteiger partial charge in [0, 0.05) is 12.8 Å². The zero-order chi connectivity index (χ0) is 12.7. The van der Waals surface area contributed by atoms with Gasteiger partial charge in [-0.1, -0.05) is 27.7 Å². The first-order chi connectivity index (χ1) is 8.01. The first-order valence-electron chi connectivity index (χ1n) is 6.53. The molecule has 0 aliphatic heterocycles. The number of nitrogens with zero attached hydrogens (tertiary/aromatic N) is 2. The number of hydrogen-bond donors (Lipinski definition) is 1. The molecule has 0 saturated heterocycles. The van der Waals surface area contributed by atoms with Gasteiger partial charge < -0.3 is 5.32 Å². The molecule has 0 aliphatic carbocycles. The predicted molar refractivity (Wildman–Crippen MR) is 74.5 cm³/mol. The van der Waals surface area contributed by atoms with Crippen LogP contribution >= 0.6 is 11.3 Å². The van der Waals surface area contributed by atoms with E-state index in [2.05, 4.69) is 43.2 Å². The van der Waals surface area contributed by atoms with Crippen molar-refractivity contribution in [3.63, 3.8) is 0 Å². The first kappa shape index (κ1) is 14.6. The summed E-state index contributed by atoms with van der Waals surface area (Å²) in [6, 6.07) is 0. The second-order valence-corrected chi connectivity index (χ2v) is 6.83. The fourth-order valence-corrected chi connectivity index (χ4v) is 2.77. The largest absolute Gasteiger partial charge is 0.317 e. The minimum absolute atomic E-state index is 0.305. The molecule has 0 fully saturated rings. The van der Waals surface area contributed by atoms with Crippen LogP contribution < -0.4 is 5.32 Å². The van der Waals surface area contributed by atoms with Crippen LogP contribution in [0.15, 0.2) is 0 Å². The monoisotopic (exact) mass is 255 g/mol. The summed E-state index contributed by atoms with van der Waals surface area (Å²) in [5, 5.41) is 14.3. The van der Waals surface area contributed by atoms with E-state index >= 15 is 0 Å². The third-order valence-electron chi connectivity index (χ3n) is 2.36. The molecular formula is C13H25N3S. The molecule has 17 heavy (non-hydrogen) atoms. The van der Waals surface area contributed by atoms with Crippen molar-refractivity contribution in [2.75, 3.05) is 13.1 Å². The molecule has 1 rings (SSSR count). The van der Waals surface area contributed by atoms with E-state index in [0.29, 0.717) is 5.41 Å². The number of rotatable bonds is 7. The van der Waals surface area contributed by atoms with Crippen molar-refractivity contribution >= 4 is 11.3 Å². The van der Waals surface area contributed by atoms with E-state index < -0.39 is 0 Å². The van der Waals surface area contributed by atoms with E-state index in [4.69, 9.17) is 0 Å². The Morgan fingerprint density at radius 2 is 1.82 bits per heavy atom. The number of nitrogens with one attached hydrogen (secondary N) is 1. The average Bonchev–Trinajstić information content (AvgIpc) is 2.63. The maximum absolute atomic E-state index is 4.26. The molecule has 0 saturated carbocycles. The van der Waals surface area contributed by atoms with Gasteiger partial charge in [-0.25, -0.2) is 0 Å². The topological polar surface area (TPSA) is 37.8 Å². The molecular weight excluding hydrogens is 230 g/mol. The molecule has 0 unspecified atom stereocenters. The third-order valence-corrected chi connectivity index (χ3v) is 3.34. The van der Waals surface area contributed by atoms with Crippen molar-refractivity contribution in [3.8, 4) is 0 Å². The molecule has 1 heterocycles. The summed E-state index contributed by atoms with van der Waals surface area (Å²) in [6.45, 7) is 11.1. The SMILES string of the molecule is CCCNCCCc1nnc(CC(C)(C)C)s1. The Kier molecular flexibility index (Phi) is 6.06. The average molecular weight is 255 g/mol. The molecule has 0 radical (unpaired) electrons. The molecule has 1 N–H and O–H groups in total. The molecule has 98 valence electrons. The Hall–Kier alpha value is -0.480. The van der Waals surface area contributed by atoms with Crippen LogP contribution in [0.3, 0.4) is 0 Å². The van der Waals surface area contributed by atoms with Gasteiger partial charge in [0.05, 0.1) is 0 Å². The van der Waals surface area contributed by atoms with Crippen molar-refractivity contribution in [3.05, 3.63) is 10.0 Å². The lowest BCUT2D eigenvalue weighted by Gasteiger charge is -2.14. The number of aryl methyl sites for hydroxylation is 1. The van der Waals surface area contributed by atoms with Gasteiger partial charge in [-0.05, 0) is 31.3 Å². The molecule has 3 nitrogen and oxygen atoms in total. The summed E-state index contributed by atoms with van der Waals surface area (Å²) in [4.78, 5) is 0. The molecule has 1 aromatic heterocycles. The first-order valence-corrected chi connectivity index (χ1v) is 7.35. The van der Waals surface area contributed by atoms with Crippen molar-refractivity contribution in [2.45, 2.75) is 53.4 Å². The molecule has 0 bridgehead atoms. The fraction of sp³-hybridized carbons (Fsp3) is 0.846. The minimum atomic E-state index is 0.305. The van der Waals surface area contributed by atoms with Gasteiger partial charge in [0.25, 0.3) is 0 Å². The Bertz CT molecular complexity index is 315. The highest BCUT2D eigenvalue weighted by Crippen LogP contribution is 2.23. The smallest absolute Gasteiger partial charge is 0.117 e. The van der Waals surface area contributed by atoms with Crippen LogP contribution in [-0.4, -0.2) is 23.3 Å². The highest BCUT2D eigenvalue weighted by atomic mass is 32.1. The molecule has 4 heteroatoms. The van der Waals surface area contributed by atoms with Crippen LogP contribution in [0.2, 0.25) is 0 Å². The van der Waals surface area contributed by atoms with Crippen molar-refractivity contribution in [1.82, 2.24) is 15.5 Å². The second-order valence-electron chi connectivity index (χ2n) is 5.68. The summed E-state index contributed by atoms with van der Waals surface area (Å²) in [5.41, 5.74) is 0.305. The summed E-state index contributed by atoms with van der Waals surface area (Å²) in [6.07, 6.45) is 4.44. The predicted octanol–water partition coefficient (Wildman–Crippen LogP) is 3.06. The summed E-state index contributed by atoms with van der Waals surface area (Å²) < 4.78 is 0. The van der Waals surface area contributed by atoms with Crippen LogP contribution in [0.4, 0.5) is 0 Å². The van der Waals surface area contributed by atoms with Gasteiger partial charge in [-0.15, -0.1) is 21.5 Å². The van der Waals surface area contributed by atoms with Crippen LogP contribution in [0.25, 0.3) is 0 Å². The molecule has 0 spiro atoms. The normalized spacial score (nSPS) is 12.0. The molecule has 0 amide bonds.